The Hall–Kier alpha value is -0.970. The minimum Gasteiger partial charge on any atom is -0.379 e. The molecule has 0 bridgehead atoms. The Morgan fingerprint density at radius 2 is 1.75 bits per heavy atom. The van der Waals surface area contributed by atoms with E-state index in [1.165, 1.54) is 22.7 Å². The number of carbonyl (C=O) groups is 1. The summed E-state index contributed by atoms with van der Waals surface area (Å²) < 4.78 is 0. The molecule has 0 amide bonds. The molecule has 2 nitrogen and oxygen atoms in total. The van der Waals surface area contributed by atoms with Crippen LogP contribution >= 0.6 is 22.7 Å². The van der Waals surface area contributed by atoms with Crippen LogP contribution < -0.4 is 0 Å². The zero-order valence-electron chi connectivity index (χ0n) is 9.06. The molecule has 4 heteroatoms. The van der Waals surface area contributed by atoms with Gasteiger partial charge in [-0.25, -0.2) is 0 Å². The fourth-order valence-corrected chi connectivity index (χ4v) is 3.13. The molecule has 2 aromatic heterocycles. The normalized spacial score (nSPS) is 12.7. The second-order valence-electron chi connectivity index (χ2n) is 3.63. The van der Waals surface area contributed by atoms with Gasteiger partial charge in [0.25, 0.3) is 0 Å². The summed E-state index contributed by atoms with van der Waals surface area (Å²) in [7, 11) is 0. The zero-order chi connectivity index (χ0) is 11.7. The van der Waals surface area contributed by atoms with Gasteiger partial charge >= 0.3 is 0 Å². The van der Waals surface area contributed by atoms with Crippen LogP contribution in [0.2, 0.25) is 0 Å². The number of aliphatic hydroxyl groups excluding tert-OH is 1. The number of carbonyl (C=O) groups excluding carboxylic acids is 1. The molecular formula is C12H12O2S2. The summed E-state index contributed by atoms with van der Waals surface area (Å²) in [5, 5.41) is 9.93. The predicted molar refractivity (Wildman–Crippen MR) is 67.4 cm³/mol. The lowest BCUT2D eigenvalue weighted by atomic mass is 10.1. The second kappa shape index (κ2) is 4.49. The molecule has 16 heavy (non-hydrogen) atoms. The molecule has 1 atom stereocenters. The van der Waals surface area contributed by atoms with Crippen LogP contribution in [0, 0.1) is 13.8 Å². The van der Waals surface area contributed by atoms with E-state index < -0.39 is 6.10 Å². The number of hydrogen-bond acceptors (Lipinski definition) is 4. The van der Waals surface area contributed by atoms with Crippen molar-refractivity contribution in [2.45, 2.75) is 20.0 Å². The summed E-state index contributed by atoms with van der Waals surface area (Å²) in [6.45, 7) is 3.91. The van der Waals surface area contributed by atoms with Crippen molar-refractivity contribution in [3.05, 3.63) is 43.8 Å². The summed E-state index contributed by atoms with van der Waals surface area (Å²) in [6, 6.07) is 7.38. The van der Waals surface area contributed by atoms with Crippen LogP contribution in [0.4, 0.5) is 0 Å². The van der Waals surface area contributed by atoms with Crippen molar-refractivity contribution >= 4 is 28.5 Å². The van der Waals surface area contributed by atoms with E-state index in [0.717, 1.165) is 9.75 Å². The third-order valence-corrected chi connectivity index (χ3v) is 4.33. The molecule has 0 fully saturated rings. The van der Waals surface area contributed by atoms with Gasteiger partial charge in [0, 0.05) is 14.6 Å². The lowest BCUT2D eigenvalue weighted by molar-refractivity contribution is 0.0758. The highest BCUT2D eigenvalue weighted by Crippen LogP contribution is 2.27. The Kier molecular flexibility index (Phi) is 3.23. The van der Waals surface area contributed by atoms with Gasteiger partial charge in [-0.2, -0.15) is 0 Å². The fourth-order valence-electron chi connectivity index (χ4n) is 1.43. The Morgan fingerprint density at radius 1 is 1.12 bits per heavy atom. The first-order chi connectivity index (χ1) is 7.58. The van der Waals surface area contributed by atoms with Crippen LogP contribution in [-0.4, -0.2) is 10.9 Å². The van der Waals surface area contributed by atoms with Crippen LogP contribution in [0.3, 0.4) is 0 Å². The largest absolute Gasteiger partial charge is 0.379 e. The van der Waals surface area contributed by atoms with Gasteiger partial charge in [0.05, 0.1) is 4.88 Å². The van der Waals surface area contributed by atoms with Crippen LogP contribution in [0.25, 0.3) is 0 Å². The van der Waals surface area contributed by atoms with Crippen LogP contribution in [0.5, 0.6) is 0 Å². The number of Topliss-reactive ketones (excluding diaryl/α,β-unsaturated/α-hetero) is 1. The molecule has 2 heterocycles. The van der Waals surface area contributed by atoms with Crippen molar-refractivity contribution in [1.82, 2.24) is 0 Å². The maximum Gasteiger partial charge on any atom is 0.206 e. The van der Waals surface area contributed by atoms with Gasteiger partial charge < -0.3 is 5.11 Å². The van der Waals surface area contributed by atoms with Gasteiger partial charge in [0.2, 0.25) is 5.78 Å². The summed E-state index contributed by atoms with van der Waals surface area (Å²) in [5.41, 5.74) is 0. The number of aryl methyl sites for hydroxylation is 2. The molecule has 0 aliphatic carbocycles. The summed E-state index contributed by atoms with van der Waals surface area (Å²) in [4.78, 5) is 15.5. The van der Waals surface area contributed by atoms with E-state index >= 15 is 0 Å². The summed E-state index contributed by atoms with van der Waals surface area (Å²) in [5.74, 6) is -0.208. The highest BCUT2D eigenvalue weighted by Gasteiger charge is 2.21. The molecule has 2 aromatic rings. The van der Waals surface area contributed by atoms with Gasteiger partial charge in [-0.05, 0) is 38.1 Å². The summed E-state index contributed by atoms with van der Waals surface area (Å²) >= 11 is 2.88. The van der Waals surface area contributed by atoms with Crippen molar-refractivity contribution in [3.8, 4) is 0 Å². The molecule has 0 aliphatic rings. The predicted octanol–water partition coefficient (Wildman–Crippen LogP) is 3.34. The Labute approximate surface area is 102 Å². The Bertz CT molecular complexity index is 511. The van der Waals surface area contributed by atoms with Gasteiger partial charge in [-0.1, -0.05) is 0 Å². The highest BCUT2D eigenvalue weighted by atomic mass is 32.1. The van der Waals surface area contributed by atoms with E-state index in [1.807, 2.05) is 32.0 Å². The van der Waals surface area contributed by atoms with Crippen molar-refractivity contribution in [1.29, 1.82) is 0 Å². The van der Waals surface area contributed by atoms with Crippen LogP contribution in [0.15, 0.2) is 24.3 Å². The average Bonchev–Trinajstić information content (AvgIpc) is 2.85. The first-order valence-electron chi connectivity index (χ1n) is 4.93. The number of thiophene rings is 2. The van der Waals surface area contributed by atoms with Crippen molar-refractivity contribution in [2.24, 2.45) is 0 Å². The monoisotopic (exact) mass is 252 g/mol. The van der Waals surface area contributed by atoms with E-state index in [2.05, 4.69) is 0 Å². The molecule has 0 radical (unpaired) electrons. The van der Waals surface area contributed by atoms with E-state index in [1.54, 1.807) is 6.07 Å². The van der Waals surface area contributed by atoms with Gasteiger partial charge in [-0.15, -0.1) is 22.7 Å². The first kappa shape index (κ1) is 11.5. The maximum absolute atomic E-state index is 11.9. The standard InChI is InChI=1S/C12H12O2S2/c1-7-3-5-9(15-7)11(13)12(14)10-6-4-8(2)16-10/h3-6,11,13H,1-2H3. The molecule has 84 valence electrons. The zero-order valence-corrected chi connectivity index (χ0v) is 10.7. The van der Waals surface area contributed by atoms with E-state index in [-0.39, 0.29) is 5.78 Å². The molecule has 2 rings (SSSR count). The molecule has 1 N–H and O–H groups in total. The van der Waals surface area contributed by atoms with Crippen LogP contribution in [-0.2, 0) is 0 Å². The topological polar surface area (TPSA) is 37.3 Å². The molecular weight excluding hydrogens is 240 g/mol. The van der Waals surface area contributed by atoms with Crippen molar-refractivity contribution in [3.63, 3.8) is 0 Å². The lowest BCUT2D eigenvalue weighted by Gasteiger charge is -2.04. The molecule has 0 aromatic carbocycles. The minimum atomic E-state index is -1.02. The van der Waals surface area contributed by atoms with E-state index in [9.17, 15) is 9.90 Å². The molecule has 1 unspecified atom stereocenters. The number of ketones is 1. The Morgan fingerprint density at radius 3 is 2.25 bits per heavy atom. The molecule has 0 spiro atoms. The third-order valence-electron chi connectivity index (χ3n) is 2.26. The van der Waals surface area contributed by atoms with Crippen molar-refractivity contribution in [2.75, 3.05) is 0 Å². The number of rotatable bonds is 3. The lowest BCUT2D eigenvalue weighted by Crippen LogP contribution is -2.09. The maximum atomic E-state index is 11.9. The fraction of sp³-hybridized carbons (Fsp3) is 0.250. The average molecular weight is 252 g/mol. The number of hydrogen-bond donors (Lipinski definition) is 1. The molecule has 0 aliphatic heterocycles. The van der Waals surface area contributed by atoms with E-state index in [4.69, 9.17) is 0 Å². The highest BCUT2D eigenvalue weighted by molar-refractivity contribution is 7.14. The molecule has 0 saturated heterocycles. The van der Waals surface area contributed by atoms with Crippen molar-refractivity contribution < 1.29 is 9.90 Å². The second-order valence-corrected chi connectivity index (χ2v) is 6.23. The van der Waals surface area contributed by atoms with Gasteiger partial charge in [-0.3, -0.25) is 4.79 Å². The third kappa shape index (κ3) is 2.24. The quantitative estimate of drug-likeness (QED) is 0.851. The minimum absolute atomic E-state index is 0.208. The van der Waals surface area contributed by atoms with Crippen LogP contribution in [0.1, 0.15) is 30.4 Å². The smallest absolute Gasteiger partial charge is 0.206 e. The SMILES string of the molecule is Cc1ccc(C(=O)C(O)c2ccc(C)s2)s1. The first-order valence-corrected chi connectivity index (χ1v) is 6.56. The Balaban J connectivity index is 2.22. The van der Waals surface area contributed by atoms with E-state index in [0.29, 0.717) is 9.75 Å². The number of aliphatic hydroxyl groups is 1. The summed E-state index contributed by atoms with van der Waals surface area (Å²) in [6.07, 6.45) is -1.02. The van der Waals surface area contributed by atoms with Gasteiger partial charge in [0.1, 0.15) is 0 Å². The molecule has 0 saturated carbocycles. The van der Waals surface area contributed by atoms with Gasteiger partial charge in [0.15, 0.2) is 6.10 Å².